The summed E-state index contributed by atoms with van der Waals surface area (Å²) in [6.45, 7) is -0.440. The number of carbonyl (C=O) groups is 3. The van der Waals surface area contributed by atoms with Crippen molar-refractivity contribution in [2.75, 3.05) is 19.8 Å². The van der Waals surface area contributed by atoms with Gasteiger partial charge in [0.1, 0.15) is 11.9 Å². The average Bonchev–Trinajstić information content (AvgIpc) is 3.24. The van der Waals surface area contributed by atoms with E-state index in [9.17, 15) is 18.8 Å². The van der Waals surface area contributed by atoms with E-state index in [2.05, 4.69) is 10.6 Å². The van der Waals surface area contributed by atoms with Gasteiger partial charge in [0.25, 0.3) is 0 Å². The number of nitrogen functional groups attached to an aromatic ring is 1. The fourth-order valence-electron chi connectivity index (χ4n) is 2.70. The van der Waals surface area contributed by atoms with Gasteiger partial charge in [-0.25, -0.2) is 0 Å². The van der Waals surface area contributed by atoms with Gasteiger partial charge in [0.15, 0.2) is 0 Å². The molecule has 5 N–H and O–H groups in total. The van der Waals surface area contributed by atoms with E-state index in [1.165, 1.54) is 16.2 Å². The fourth-order valence-corrected chi connectivity index (χ4v) is 3.52. The molecule has 8 nitrogen and oxygen atoms in total. The molecule has 1 aliphatic rings. The van der Waals surface area contributed by atoms with Gasteiger partial charge in [-0.2, -0.15) is 0 Å². The Labute approximate surface area is 148 Å². The monoisotopic (exact) mass is 369 g/mol. The Bertz CT molecular complexity index is 665. The van der Waals surface area contributed by atoms with E-state index >= 15 is 0 Å². The van der Waals surface area contributed by atoms with E-state index in [1.807, 2.05) is 0 Å². The molecule has 2 unspecified atom stereocenters. The summed E-state index contributed by atoms with van der Waals surface area (Å²) in [7, 11) is 0. The van der Waals surface area contributed by atoms with Crippen molar-refractivity contribution in [3.05, 3.63) is 21.9 Å². The van der Waals surface area contributed by atoms with Crippen LogP contribution < -0.4 is 16.4 Å². The van der Waals surface area contributed by atoms with Crippen molar-refractivity contribution in [3.8, 4) is 0 Å². The number of nitrogens with zero attached hydrogens (tertiary/aromatic N) is 1. The number of hydrogen-bond acceptors (Lipinski definition) is 5. The van der Waals surface area contributed by atoms with E-state index in [0.29, 0.717) is 12.0 Å². The quantitative estimate of drug-likeness (QED) is 0.282. The fraction of sp³-hybridized carbons (Fsp3) is 0.467. The van der Waals surface area contributed by atoms with Crippen LogP contribution in [0.4, 0.5) is 4.39 Å². The summed E-state index contributed by atoms with van der Waals surface area (Å²) in [6, 6.07) is 0.956. The molecule has 0 bridgehead atoms. The molecule has 10 heteroatoms. The van der Waals surface area contributed by atoms with E-state index in [1.54, 1.807) is 11.4 Å². The van der Waals surface area contributed by atoms with Crippen LogP contribution in [0.2, 0.25) is 0 Å². The zero-order valence-corrected chi connectivity index (χ0v) is 14.3. The number of halogens is 1. The van der Waals surface area contributed by atoms with E-state index in [0.717, 1.165) is 4.88 Å². The maximum absolute atomic E-state index is 13.0. The minimum absolute atomic E-state index is 0.0464. The Morgan fingerprint density at radius 1 is 1.52 bits per heavy atom. The maximum Gasteiger partial charge on any atom is 0.243 e. The number of amidine groups is 1. The lowest BCUT2D eigenvalue weighted by Gasteiger charge is -2.23. The Morgan fingerprint density at radius 3 is 2.88 bits per heavy atom. The van der Waals surface area contributed by atoms with Gasteiger partial charge < -0.3 is 21.3 Å². The third-order valence-corrected chi connectivity index (χ3v) is 4.90. The molecule has 0 spiro atoms. The highest BCUT2D eigenvalue weighted by Crippen LogP contribution is 2.24. The first-order valence-corrected chi connectivity index (χ1v) is 8.56. The van der Waals surface area contributed by atoms with Crippen molar-refractivity contribution in [2.24, 2.45) is 11.7 Å². The Hall–Kier alpha value is -2.49. The zero-order valence-electron chi connectivity index (χ0n) is 13.5. The molecule has 0 aromatic carbocycles. The second-order valence-electron chi connectivity index (χ2n) is 5.75. The van der Waals surface area contributed by atoms with Crippen LogP contribution in [0.5, 0.6) is 0 Å². The number of hydrogen-bond donors (Lipinski definition) is 4. The minimum atomic E-state index is -0.756. The van der Waals surface area contributed by atoms with Gasteiger partial charge in [-0.15, -0.1) is 11.3 Å². The minimum Gasteiger partial charge on any atom is -0.384 e. The molecule has 2 heterocycles. The van der Waals surface area contributed by atoms with Crippen LogP contribution in [-0.2, 0) is 20.9 Å². The molecule has 0 aliphatic carbocycles. The number of amides is 3. The van der Waals surface area contributed by atoms with Crippen molar-refractivity contribution in [2.45, 2.75) is 19.0 Å². The van der Waals surface area contributed by atoms with E-state index in [-0.39, 0.29) is 43.7 Å². The van der Waals surface area contributed by atoms with Crippen molar-refractivity contribution in [1.29, 1.82) is 5.41 Å². The molecule has 136 valence electrons. The Balaban J connectivity index is 1.97. The number of nitrogens with one attached hydrogen (secondary N) is 3. The smallest absolute Gasteiger partial charge is 0.243 e. The van der Waals surface area contributed by atoms with Gasteiger partial charge in [-0.3, -0.25) is 24.2 Å². The zero-order chi connectivity index (χ0) is 18.4. The normalized spacial score (nSPS) is 19.5. The lowest BCUT2D eigenvalue weighted by atomic mass is 10.1. The maximum atomic E-state index is 13.0. The number of nitrogens with two attached hydrogens (primary N) is 1. The lowest BCUT2D eigenvalue weighted by Crippen LogP contribution is -2.48. The SMILES string of the molecule is N=C(N)c1csc(CNC(=O)C2CC(CF)CN2C(=O)CNC=O)c1. The van der Waals surface area contributed by atoms with Gasteiger partial charge in [-0.05, 0) is 12.5 Å². The first-order chi connectivity index (χ1) is 12.0. The molecule has 0 radical (unpaired) electrons. The third kappa shape index (κ3) is 4.75. The number of rotatable bonds is 8. The van der Waals surface area contributed by atoms with Crippen molar-refractivity contribution in [1.82, 2.24) is 15.5 Å². The first-order valence-electron chi connectivity index (χ1n) is 7.68. The van der Waals surface area contributed by atoms with Crippen LogP contribution in [-0.4, -0.2) is 54.8 Å². The van der Waals surface area contributed by atoms with Gasteiger partial charge >= 0.3 is 0 Å². The molecule has 1 aliphatic heterocycles. The second-order valence-corrected chi connectivity index (χ2v) is 6.75. The summed E-state index contributed by atoms with van der Waals surface area (Å²) < 4.78 is 13.0. The molecular weight excluding hydrogens is 349 g/mol. The first kappa shape index (κ1) is 18.8. The van der Waals surface area contributed by atoms with Gasteiger partial charge in [-0.1, -0.05) is 0 Å². The molecular formula is C15H20FN5O3S. The highest BCUT2D eigenvalue weighted by atomic mass is 32.1. The molecule has 3 amide bonds. The molecule has 2 rings (SSSR count). The second kappa shape index (κ2) is 8.56. The number of thiophene rings is 1. The molecule has 1 fully saturated rings. The molecule has 25 heavy (non-hydrogen) atoms. The van der Waals surface area contributed by atoms with Crippen LogP contribution >= 0.6 is 11.3 Å². The summed E-state index contributed by atoms with van der Waals surface area (Å²) in [5.41, 5.74) is 5.98. The van der Waals surface area contributed by atoms with Gasteiger partial charge in [0.2, 0.25) is 18.2 Å². The van der Waals surface area contributed by atoms with Crippen molar-refractivity contribution >= 4 is 35.4 Å². The highest BCUT2D eigenvalue weighted by Gasteiger charge is 2.39. The van der Waals surface area contributed by atoms with Gasteiger partial charge in [0, 0.05) is 28.3 Å². The standard InChI is InChI=1S/C15H20FN5O3S/c16-3-9-1-12(21(6-9)13(23)5-19-8-22)15(24)20-4-11-2-10(7-25-11)14(17)18/h2,7-9,12H,1,3-6H2,(H3,17,18)(H,19,22)(H,20,24). The lowest BCUT2D eigenvalue weighted by molar-refractivity contribution is -0.138. The molecule has 2 atom stereocenters. The summed E-state index contributed by atoms with van der Waals surface area (Å²) in [5.74, 6) is -1.22. The molecule has 1 aromatic rings. The summed E-state index contributed by atoms with van der Waals surface area (Å²) >= 11 is 1.36. The predicted octanol–water partition coefficient (Wildman–Crippen LogP) is -0.419. The third-order valence-electron chi connectivity index (χ3n) is 3.97. The summed E-state index contributed by atoms with van der Waals surface area (Å²) in [4.78, 5) is 37.0. The van der Waals surface area contributed by atoms with Crippen LogP contribution in [0.3, 0.4) is 0 Å². The molecule has 1 aromatic heterocycles. The number of alkyl halides is 1. The van der Waals surface area contributed by atoms with Crippen LogP contribution in [0.15, 0.2) is 11.4 Å². The Morgan fingerprint density at radius 2 is 2.28 bits per heavy atom. The summed E-state index contributed by atoms with van der Waals surface area (Å²) in [6.07, 6.45) is 0.650. The molecule has 0 saturated carbocycles. The van der Waals surface area contributed by atoms with Crippen molar-refractivity contribution in [3.63, 3.8) is 0 Å². The Kier molecular flexibility index (Phi) is 6.45. The van der Waals surface area contributed by atoms with Crippen molar-refractivity contribution < 1.29 is 18.8 Å². The summed E-state index contributed by atoms with van der Waals surface area (Å²) in [5, 5.41) is 14.1. The highest BCUT2D eigenvalue weighted by molar-refractivity contribution is 7.10. The average molecular weight is 369 g/mol. The van der Waals surface area contributed by atoms with Crippen LogP contribution in [0.1, 0.15) is 16.9 Å². The van der Waals surface area contributed by atoms with Crippen LogP contribution in [0, 0.1) is 11.3 Å². The number of carbonyl (C=O) groups excluding carboxylic acids is 3. The number of likely N-dealkylation sites (tertiary alicyclic amines) is 1. The van der Waals surface area contributed by atoms with E-state index < -0.39 is 18.6 Å². The van der Waals surface area contributed by atoms with E-state index in [4.69, 9.17) is 11.1 Å². The largest absolute Gasteiger partial charge is 0.384 e. The predicted molar refractivity (Wildman–Crippen MR) is 90.8 cm³/mol. The van der Waals surface area contributed by atoms with Gasteiger partial charge in [0.05, 0.1) is 19.8 Å². The van der Waals surface area contributed by atoms with Crippen LogP contribution in [0.25, 0.3) is 0 Å². The molecule has 1 saturated heterocycles. The topological polar surface area (TPSA) is 128 Å².